The first kappa shape index (κ1) is 11.6. The molecular formula is C13H14N2O2. The van der Waals surface area contributed by atoms with Crippen LogP contribution < -0.4 is 5.32 Å². The maximum Gasteiger partial charge on any atom is 0.314 e. The number of carboxylic acid groups (broad SMARTS) is 1. The van der Waals surface area contributed by atoms with E-state index in [2.05, 4.69) is 11.4 Å². The largest absolute Gasteiger partial charge is 0.481 e. The SMILES string of the molecule is N#Cc1cccc(C2(C(=O)O)CCNCC2)c1. The fourth-order valence-electron chi connectivity index (χ4n) is 2.37. The average Bonchev–Trinajstić information content (AvgIpc) is 2.39. The Morgan fingerprint density at radius 1 is 1.41 bits per heavy atom. The van der Waals surface area contributed by atoms with Crippen LogP contribution in [-0.2, 0) is 10.2 Å². The fraction of sp³-hybridized carbons (Fsp3) is 0.385. The first-order chi connectivity index (χ1) is 8.19. The van der Waals surface area contributed by atoms with Crippen LogP contribution >= 0.6 is 0 Å². The standard InChI is InChI=1S/C13H14N2O2/c14-9-10-2-1-3-11(8-10)13(12(16)17)4-6-15-7-5-13/h1-3,8,15H,4-7H2,(H,16,17). The van der Waals surface area contributed by atoms with Crippen molar-refractivity contribution in [3.05, 3.63) is 35.4 Å². The minimum atomic E-state index is -0.835. The molecule has 2 rings (SSSR count). The number of carbonyl (C=O) groups is 1. The van der Waals surface area contributed by atoms with E-state index in [1.54, 1.807) is 24.3 Å². The molecule has 0 saturated carbocycles. The van der Waals surface area contributed by atoms with Gasteiger partial charge in [0.15, 0.2) is 0 Å². The zero-order valence-corrected chi connectivity index (χ0v) is 9.44. The van der Waals surface area contributed by atoms with Gasteiger partial charge in [0.05, 0.1) is 17.0 Å². The van der Waals surface area contributed by atoms with Crippen LogP contribution in [0.2, 0.25) is 0 Å². The summed E-state index contributed by atoms with van der Waals surface area (Å²) < 4.78 is 0. The third-order valence-corrected chi connectivity index (χ3v) is 3.41. The van der Waals surface area contributed by atoms with Gasteiger partial charge in [-0.05, 0) is 43.6 Å². The molecule has 0 aromatic heterocycles. The van der Waals surface area contributed by atoms with Crippen molar-refractivity contribution >= 4 is 5.97 Å². The van der Waals surface area contributed by atoms with Crippen molar-refractivity contribution in [2.45, 2.75) is 18.3 Å². The lowest BCUT2D eigenvalue weighted by molar-refractivity contribution is -0.145. The first-order valence-electron chi connectivity index (χ1n) is 5.64. The lowest BCUT2D eigenvalue weighted by Crippen LogP contribution is -2.45. The molecule has 1 saturated heterocycles. The van der Waals surface area contributed by atoms with Gasteiger partial charge in [-0.15, -0.1) is 0 Å². The summed E-state index contributed by atoms with van der Waals surface area (Å²) >= 11 is 0. The van der Waals surface area contributed by atoms with Gasteiger partial charge in [0.25, 0.3) is 0 Å². The van der Waals surface area contributed by atoms with E-state index in [-0.39, 0.29) is 0 Å². The van der Waals surface area contributed by atoms with Gasteiger partial charge in [-0.2, -0.15) is 5.26 Å². The van der Waals surface area contributed by atoms with Crippen LogP contribution in [0.15, 0.2) is 24.3 Å². The molecule has 17 heavy (non-hydrogen) atoms. The Labute approximate surface area is 99.9 Å². The van der Waals surface area contributed by atoms with Crippen molar-refractivity contribution in [1.82, 2.24) is 5.32 Å². The highest BCUT2D eigenvalue weighted by molar-refractivity contribution is 5.81. The van der Waals surface area contributed by atoms with E-state index < -0.39 is 11.4 Å². The number of nitrogens with zero attached hydrogens (tertiary/aromatic N) is 1. The second-order valence-corrected chi connectivity index (χ2v) is 4.33. The summed E-state index contributed by atoms with van der Waals surface area (Å²) in [6.45, 7) is 1.40. The Morgan fingerprint density at radius 3 is 2.71 bits per heavy atom. The van der Waals surface area contributed by atoms with Crippen LogP contribution in [0, 0.1) is 11.3 Å². The molecule has 1 aromatic rings. The van der Waals surface area contributed by atoms with E-state index in [4.69, 9.17) is 5.26 Å². The summed E-state index contributed by atoms with van der Waals surface area (Å²) in [6.07, 6.45) is 1.13. The molecule has 0 radical (unpaired) electrons. The zero-order valence-electron chi connectivity index (χ0n) is 9.44. The number of nitriles is 1. The van der Waals surface area contributed by atoms with E-state index in [1.807, 2.05) is 0 Å². The molecule has 1 aliphatic heterocycles. The van der Waals surface area contributed by atoms with E-state index in [0.717, 1.165) is 5.56 Å². The number of rotatable bonds is 2. The number of benzene rings is 1. The summed E-state index contributed by atoms with van der Waals surface area (Å²) in [7, 11) is 0. The monoisotopic (exact) mass is 230 g/mol. The van der Waals surface area contributed by atoms with Gasteiger partial charge in [0.2, 0.25) is 0 Å². The van der Waals surface area contributed by atoms with Gasteiger partial charge in [-0.1, -0.05) is 12.1 Å². The van der Waals surface area contributed by atoms with Gasteiger partial charge in [-0.25, -0.2) is 0 Å². The van der Waals surface area contributed by atoms with Crippen molar-refractivity contribution < 1.29 is 9.90 Å². The highest BCUT2D eigenvalue weighted by Gasteiger charge is 2.41. The van der Waals surface area contributed by atoms with Crippen LogP contribution in [0.4, 0.5) is 0 Å². The molecule has 4 nitrogen and oxygen atoms in total. The van der Waals surface area contributed by atoms with Gasteiger partial charge in [0, 0.05) is 0 Å². The molecule has 0 spiro atoms. The first-order valence-corrected chi connectivity index (χ1v) is 5.64. The molecule has 1 aromatic carbocycles. The molecule has 0 amide bonds. The Morgan fingerprint density at radius 2 is 2.12 bits per heavy atom. The Bertz CT molecular complexity index is 471. The zero-order chi connectivity index (χ0) is 12.3. The maximum absolute atomic E-state index is 11.6. The normalized spacial score (nSPS) is 18.3. The van der Waals surface area contributed by atoms with E-state index in [0.29, 0.717) is 31.5 Å². The van der Waals surface area contributed by atoms with Gasteiger partial charge < -0.3 is 10.4 Å². The molecule has 1 aliphatic rings. The van der Waals surface area contributed by atoms with Crippen molar-refractivity contribution in [3.63, 3.8) is 0 Å². The summed E-state index contributed by atoms with van der Waals surface area (Å²) in [5, 5.41) is 21.5. The number of piperidine rings is 1. The second-order valence-electron chi connectivity index (χ2n) is 4.33. The van der Waals surface area contributed by atoms with Crippen LogP contribution in [0.5, 0.6) is 0 Å². The van der Waals surface area contributed by atoms with Crippen LogP contribution in [0.25, 0.3) is 0 Å². The summed E-state index contributed by atoms with van der Waals surface area (Å²) in [5.74, 6) is -0.797. The minimum Gasteiger partial charge on any atom is -0.481 e. The van der Waals surface area contributed by atoms with Crippen LogP contribution in [0.3, 0.4) is 0 Å². The van der Waals surface area contributed by atoms with Crippen LogP contribution in [-0.4, -0.2) is 24.2 Å². The number of aliphatic carboxylic acids is 1. The molecule has 2 N–H and O–H groups in total. The molecule has 0 atom stereocenters. The lowest BCUT2D eigenvalue weighted by atomic mass is 9.73. The van der Waals surface area contributed by atoms with Gasteiger partial charge >= 0.3 is 5.97 Å². The summed E-state index contributed by atoms with van der Waals surface area (Å²) in [6, 6.07) is 9.00. The second kappa shape index (κ2) is 4.56. The number of hydrogen-bond donors (Lipinski definition) is 2. The molecule has 1 fully saturated rings. The van der Waals surface area contributed by atoms with Gasteiger partial charge in [-0.3, -0.25) is 4.79 Å². The predicted molar refractivity (Wildman–Crippen MR) is 62.6 cm³/mol. The van der Waals surface area contributed by atoms with E-state index in [9.17, 15) is 9.90 Å². The van der Waals surface area contributed by atoms with Crippen molar-refractivity contribution in [2.75, 3.05) is 13.1 Å². The Hall–Kier alpha value is -1.86. The highest BCUT2D eigenvalue weighted by Crippen LogP contribution is 2.34. The van der Waals surface area contributed by atoms with Crippen molar-refractivity contribution in [3.8, 4) is 6.07 Å². The minimum absolute atomic E-state index is 0.515. The van der Waals surface area contributed by atoms with E-state index >= 15 is 0 Å². The van der Waals surface area contributed by atoms with Crippen molar-refractivity contribution in [2.24, 2.45) is 0 Å². The number of carboxylic acids is 1. The topological polar surface area (TPSA) is 73.1 Å². The number of nitrogens with one attached hydrogen (secondary N) is 1. The number of hydrogen-bond acceptors (Lipinski definition) is 3. The molecule has 1 heterocycles. The quantitative estimate of drug-likeness (QED) is 0.802. The van der Waals surface area contributed by atoms with Crippen molar-refractivity contribution in [1.29, 1.82) is 5.26 Å². The molecular weight excluding hydrogens is 216 g/mol. The smallest absolute Gasteiger partial charge is 0.314 e. The maximum atomic E-state index is 11.6. The van der Waals surface area contributed by atoms with Crippen LogP contribution in [0.1, 0.15) is 24.0 Å². The molecule has 88 valence electrons. The molecule has 0 bridgehead atoms. The van der Waals surface area contributed by atoms with Gasteiger partial charge in [0.1, 0.15) is 0 Å². The predicted octanol–water partition coefficient (Wildman–Crippen LogP) is 1.26. The Kier molecular flexibility index (Phi) is 3.12. The third kappa shape index (κ3) is 2.02. The average molecular weight is 230 g/mol. The summed E-state index contributed by atoms with van der Waals surface area (Å²) in [4.78, 5) is 11.6. The molecule has 4 heteroatoms. The lowest BCUT2D eigenvalue weighted by Gasteiger charge is -2.34. The molecule has 0 aliphatic carbocycles. The summed E-state index contributed by atoms with van der Waals surface area (Å²) in [5.41, 5.74) is 0.421. The van der Waals surface area contributed by atoms with E-state index in [1.165, 1.54) is 0 Å². The molecule has 0 unspecified atom stereocenters. The Balaban J connectivity index is 2.45. The highest BCUT2D eigenvalue weighted by atomic mass is 16.4. The fourth-order valence-corrected chi connectivity index (χ4v) is 2.37. The third-order valence-electron chi connectivity index (χ3n) is 3.41.